The van der Waals surface area contributed by atoms with Crippen molar-refractivity contribution >= 4 is 39.4 Å². The number of amides is 1. The molecule has 6 nitrogen and oxygen atoms in total. The molecule has 2 aromatic heterocycles. The average molecular weight is 311 g/mol. The molecule has 2 N–H and O–H groups in total. The molecule has 0 aliphatic rings. The summed E-state index contributed by atoms with van der Waals surface area (Å²) in [6, 6.07) is 5.61. The zero-order valence-corrected chi connectivity index (χ0v) is 13.2. The highest BCUT2D eigenvalue weighted by Gasteiger charge is 2.17. The summed E-state index contributed by atoms with van der Waals surface area (Å²) in [5, 5.41) is 4.60. The Morgan fingerprint density at radius 2 is 2.09 bits per heavy atom. The molecule has 6 heteroatoms. The van der Waals surface area contributed by atoms with Crippen LogP contribution < -0.4 is 5.32 Å². The third kappa shape index (κ3) is 2.63. The first-order chi connectivity index (χ1) is 11.0. The maximum atomic E-state index is 12.0. The second-order valence-electron chi connectivity index (χ2n) is 5.31. The van der Waals surface area contributed by atoms with E-state index in [0.29, 0.717) is 18.0 Å². The summed E-state index contributed by atoms with van der Waals surface area (Å²) >= 11 is 0. The van der Waals surface area contributed by atoms with Gasteiger partial charge in [0.15, 0.2) is 5.69 Å². The topological polar surface area (TPSA) is 84.1 Å². The van der Waals surface area contributed by atoms with E-state index in [1.165, 1.54) is 6.92 Å². The van der Waals surface area contributed by atoms with Crippen LogP contribution in [0.15, 0.2) is 24.4 Å². The number of carbonyl (C=O) groups is 2. The number of aromatic nitrogens is 2. The molecule has 3 aromatic rings. The van der Waals surface area contributed by atoms with E-state index in [-0.39, 0.29) is 5.91 Å². The van der Waals surface area contributed by atoms with Gasteiger partial charge in [0.2, 0.25) is 5.91 Å². The molecule has 0 radical (unpaired) electrons. The molecule has 1 amide bonds. The SMILES string of the molecule is CCOC(=O)c1ncc2[nH]c3ccc(NC(C)=O)cc3c2c1C. The molecule has 23 heavy (non-hydrogen) atoms. The zero-order chi connectivity index (χ0) is 16.6. The Bertz CT molecular complexity index is 928. The van der Waals surface area contributed by atoms with Crippen LogP contribution in [0.5, 0.6) is 0 Å². The van der Waals surface area contributed by atoms with Gasteiger partial charge >= 0.3 is 5.97 Å². The van der Waals surface area contributed by atoms with Crippen molar-refractivity contribution < 1.29 is 14.3 Å². The minimum Gasteiger partial charge on any atom is -0.461 e. The predicted octanol–water partition coefficient (Wildman–Crippen LogP) is 3.16. The van der Waals surface area contributed by atoms with Gasteiger partial charge < -0.3 is 15.0 Å². The van der Waals surface area contributed by atoms with Crippen LogP contribution in [0.1, 0.15) is 29.9 Å². The maximum absolute atomic E-state index is 12.0. The maximum Gasteiger partial charge on any atom is 0.357 e. The van der Waals surface area contributed by atoms with Crippen molar-refractivity contribution in [2.75, 3.05) is 11.9 Å². The van der Waals surface area contributed by atoms with E-state index in [1.54, 1.807) is 13.1 Å². The van der Waals surface area contributed by atoms with E-state index in [4.69, 9.17) is 4.74 Å². The van der Waals surface area contributed by atoms with Crippen LogP contribution >= 0.6 is 0 Å². The number of pyridine rings is 1. The fraction of sp³-hybridized carbons (Fsp3) is 0.235. The number of aryl methyl sites for hydroxylation is 1. The van der Waals surface area contributed by atoms with E-state index in [1.807, 2.05) is 25.1 Å². The number of nitrogens with one attached hydrogen (secondary N) is 2. The van der Waals surface area contributed by atoms with E-state index < -0.39 is 5.97 Å². The number of anilines is 1. The number of nitrogens with zero attached hydrogens (tertiary/aromatic N) is 1. The number of fused-ring (bicyclic) bond motifs is 3. The number of ether oxygens (including phenoxy) is 1. The van der Waals surface area contributed by atoms with E-state index in [2.05, 4.69) is 15.3 Å². The summed E-state index contributed by atoms with van der Waals surface area (Å²) in [5.41, 5.74) is 3.53. The first kappa shape index (κ1) is 15.0. The molecular weight excluding hydrogens is 294 g/mol. The van der Waals surface area contributed by atoms with Crippen molar-refractivity contribution in [1.29, 1.82) is 0 Å². The predicted molar refractivity (Wildman–Crippen MR) is 88.6 cm³/mol. The fourth-order valence-corrected chi connectivity index (χ4v) is 2.74. The van der Waals surface area contributed by atoms with Crippen molar-refractivity contribution in [1.82, 2.24) is 9.97 Å². The number of esters is 1. The lowest BCUT2D eigenvalue weighted by Gasteiger charge is -2.06. The van der Waals surface area contributed by atoms with Gasteiger partial charge in [0.1, 0.15) is 0 Å². The van der Waals surface area contributed by atoms with Crippen molar-refractivity contribution in [2.24, 2.45) is 0 Å². The van der Waals surface area contributed by atoms with Crippen LogP contribution in [-0.2, 0) is 9.53 Å². The summed E-state index contributed by atoms with van der Waals surface area (Å²) in [4.78, 5) is 30.8. The second kappa shape index (κ2) is 5.72. The molecule has 0 bridgehead atoms. The van der Waals surface area contributed by atoms with E-state index >= 15 is 0 Å². The fourth-order valence-electron chi connectivity index (χ4n) is 2.74. The van der Waals surface area contributed by atoms with E-state index in [0.717, 1.165) is 27.4 Å². The van der Waals surface area contributed by atoms with Crippen LogP contribution in [0.2, 0.25) is 0 Å². The van der Waals surface area contributed by atoms with Crippen LogP contribution in [0.25, 0.3) is 21.8 Å². The Morgan fingerprint density at radius 3 is 2.78 bits per heavy atom. The van der Waals surface area contributed by atoms with Crippen molar-refractivity contribution in [3.05, 3.63) is 35.7 Å². The Morgan fingerprint density at radius 1 is 1.30 bits per heavy atom. The summed E-state index contributed by atoms with van der Waals surface area (Å²) < 4.78 is 5.05. The minimum atomic E-state index is -0.431. The van der Waals surface area contributed by atoms with E-state index in [9.17, 15) is 9.59 Å². The van der Waals surface area contributed by atoms with Crippen molar-refractivity contribution in [3.63, 3.8) is 0 Å². The number of hydrogen-bond acceptors (Lipinski definition) is 4. The van der Waals surface area contributed by atoms with Crippen LogP contribution in [0, 0.1) is 6.92 Å². The highest BCUT2D eigenvalue weighted by atomic mass is 16.5. The number of H-pyrrole nitrogens is 1. The van der Waals surface area contributed by atoms with Gasteiger partial charge in [-0.2, -0.15) is 0 Å². The molecule has 0 aliphatic carbocycles. The summed E-state index contributed by atoms with van der Waals surface area (Å²) in [5.74, 6) is -0.561. The van der Waals surface area contributed by atoms with Gasteiger partial charge in [0.05, 0.1) is 18.3 Å². The number of carbonyl (C=O) groups excluding carboxylic acids is 2. The molecule has 118 valence electrons. The lowest BCUT2D eigenvalue weighted by molar-refractivity contribution is -0.114. The molecule has 1 aromatic carbocycles. The molecule has 3 rings (SSSR count). The van der Waals surface area contributed by atoms with Gasteiger partial charge in [-0.1, -0.05) is 0 Å². The first-order valence-electron chi connectivity index (χ1n) is 7.37. The quantitative estimate of drug-likeness (QED) is 0.728. The molecule has 0 spiro atoms. The molecule has 0 saturated carbocycles. The Kier molecular flexibility index (Phi) is 3.73. The third-order valence-electron chi connectivity index (χ3n) is 3.67. The average Bonchev–Trinajstić information content (AvgIpc) is 2.85. The van der Waals surface area contributed by atoms with Crippen LogP contribution in [0.4, 0.5) is 5.69 Å². The number of benzene rings is 1. The molecule has 0 atom stereocenters. The van der Waals surface area contributed by atoms with Gasteiger partial charge in [0.25, 0.3) is 0 Å². The summed E-state index contributed by atoms with van der Waals surface area (Å²) in [7, 11) is 0. The molecule has 0 aliphatic heterocycles. The Hall–Kier alpha value is -2.89. The second-order valence-corrected chi connectivity index (χ2v) is 5.31. The third-order valence-corrected chi connectivity index (χ3v) is 3.67. The van der Waals surface area contributed by atoms with Gasteiger partial charge in [-0.3, -0.25) is 4.79 Å². The summed E-state index contributed by atoms with van der Waals surface area (Å²) in [6.07, 6.45) is 1.63. The molecule has 2 heterocycles. The van der Waals surface area contributed by atoms with Crippen molar-refractivity contribution in [3.8, 4) is 0 Å². The lowest BCUT2D eigenvalue weighted by atomic mass is 10.1. The molecule has 0 fully saturated rings. The van der Waals surface area contributed by atoms with Gasteiger partial charge in [0, 0.05) is 28.9 Å². The van der Waals surface area contributed by atoms with Gasteiger partial charge in [-0.05, 0) is 37.6 Å². The molecule has 0 saturated heterocycles. The minimum absolute atomic E-state index is 0.130. The van der Waals surface area contributed by atoms with Gasteiger partial charge in [-0.25, -0.2) is 9.78 Å². The number of rotatable bonds is 3. The normalized spacial score (nSPS) is 10.9. The monoisotopic (exact) mass is 311 g/mol. The Labute approximate surface area is 132 Å². The lowest BCUT2D eigenvalue weighted by Crippen LogP contribution is -2.09. The molecular formula is C17H17N3O3. The van der Waals surface area contributed by atoms with Gasteiger partial charge in [-0.15, -0.1) is 0 Å². The van der Waals surface area contributed by atoms with Crippen LogP contribution in [0.3, 0.4) is 0 Å². The largest absolute Gasteiger partial charge is 0.461 e. The number of aromatic amines is 1. The zero-order valence-electron chi connectivity index (χ0n) is 13.2. The standard InChI is InChI=1S/C17H17N3O3/c1-4-23-17(22)16-9(2)15-12-7-11(19-10(3)21)5-6-13(12)20-14(15)8-18-16/h5-8,20H,4H2,1-3H3,(H,19,21). The summed E-state index contributed by atoms with van der Waals surface area (Å²) in [6.45, 7) is 5.38. The Balaban J connectivity index is 2.23. The highest BCUT2D eigenvalue weighted by molar-refractivity contribution is 6.12. The molecule has 0 unspecified atom stereocenters. The highest BCUT2D eigenvalue weighted by Crippen LogP contribution is 2.31. The van der Waals surface area contributed by atoms with Crippen molar-refractivity contribution in [2.45, 2.75) is 20.8 Å². The first-order valence-corrected chi connectivity index (χ1v) is 7.37. The number of hydrogen-bond donors (Lipinski definition) is 2. The smallest absolute Gasteiger partial charge is 0.357 e. The van der Waals surface area contributed by atoms with Crippen LogP contribution in [-0.4, -0.2) is 28.5 Å².